The third kappa shape index (κ3) is 2.44. The van der Waals surface area contributed by atoms with Crippen molar-refractivity contribution in [3.8, 4) is 11.3 Å². The van der Waals surface area contributed by atoms with Crippen molar-refractivity contribution in [1.29, 1.82) is 0 Å². The monoisotopic (exact) mass is 277 g/mol. The number of nitro groups is 1. The average molecular weight is 277 g/mol. The first-order valence-electron chi connectivity index (χ1n) is 5.59. The van der Waals surface area contributed by atoms with E-state index in [1.54, 1.807) is 13.0 Å². The Labute approximate surface area is 113 Å². The fourth-order valence-corrected chi connectivity index (χ4v) is 1.64. The van der Waals surface area contributed by atoms with Crippen LogP contribution in [0.5, 0.6) is 0 Å². The number of rotatable bonds is 3. The lowest BCUT2D eigenvalue weighted by molar-refractivity contribution is -0.384. The number of nitro benzene ring substituents is 1. The Bertz CT molecular complexity index is 679. The second-order valence-corrected chi connectivity index (χ2v) is 4.15. The highest BCUT2D eigenvalue weighted by Gasteiger charge is 2.18. The van der Waals surface area contributed by atoms with Crippen LogP contribution in [0.25, 0.3) is 11.3 Å². The fourth-order valence-electron chi connectivity index (χ4n) is 1.64. The number of hydrogen-bond donors (Lipinski definition) is 1. The van der Waals surface area contributed by atoms with E-state index in [9.17, 15) is 14.9 Å². The van der Waals surface area contributed by atoms with E-state index in [1.807, 2.05) is 0 Å². The lowest BCUT2D eigenvalue weighted by Gasteiger charge is -2.06. The quantitative estimate of drug-likeness (QED) is 0.682. The molecule has 0 saturated heterocycles. The Kier molecular flexibility index (Phi) is 3.38. The van der Waals surface area contributed by atoms with E-state index in [0.717, 1.165) is 10.5 Å². The zero-order valence-corrected chi connectivity index (χ0v) is 10.7. The number of carbonyl (C=O) groups is 1. The summed E-state index contributed by atoms with van der Waals surface area (Å²) in [5.41, 5.74) is 1.57. The van der Waals surface area contributed by atoms with Crippen LogP contribution in [-0.2, 0) is 0 Å². The van der Waals surface area contributed by atoms with E-state index in [2.05, 4.69) is 5.16 Å². The van der Waals surface area contributed by atoms with Crippen LogP contribution in [0.15, 0.2) is 28.8 Å². The summed E-state index contributed by atoms with van der Waals surface area (Å²) in [6.45, 7) is 1.77. The molecule has 0 fully saturated rings. The minimum absolute atomic E-state index is 0.0402. The molecule has 1 aromatic heterocycles. The molecule has 0 unspecified atom stereocenters. The molecule has 1 amide bonds. The predicted molar refractivity (Wildman–Crippen MR) is 69.8 cm³/mol. The van der Waals surface area contributed by atoms with Crippen LogP contribution in [0.2, 0.25) is 0 Å². The normalized spacial score (nSPS) is 10.3. The maximum Gasteiger partial charge on any atom is 0.413 e. The van der Waals surface area contributed by atoms with Gasteiger partial charge in [-0.25, -0.2) is 9.69 Å². The largest absolute Gasteiger partial charge is 0.465 e. The molecule has 0 aliphatic rings. The van der Waals surface area contributed by atoms with Crippen LogP contribution in [-0.4, -0.2) is 28.3 Å². The van der Waals surface area contributed by atoms with Crippen LogP contribution in [0, 0.1) is 17.0 Å². The first-order chi connectivity index (χ1) is 9.40. The molecule has 2 rings (SSSR count). The Morgan fingerprint density at radius 2 is 2.15 bits per heavy atom. The topological polar surface area (TPSA) is 110 Å². The standard InChI is InChI=1S/C12H11N3O5/c1-7-3-4-8(15(18)19)5-9(7)10-6-11(20-13-10)14(2)12(16)17/h3-6H,1-2H3,(H,16,17). The van der Waals surface area contributed by atoms with Gasteiger partial charge in [-0.15, -0.1) is 0 Å². The molecule has 2 aromatic rings. The van der Waals surface area contributed by atoms with Crippen LogP contribution >= 0.6 is 0 Å². The summed E-state index contributed by atoms with van der Waals surface area (Å²) in [6, 6.07) is 5.78. The maximum absolute atomic E-state index is 10.8. The van der Waals surface area contributed by atoms with Crippen molar-refractivity contribution in [3.63, 3.8) is 0 Å². The number of aromatic nitrogens is 1. The van der Waals surface area contributed by atoms with Crippen molar-refractivity contribution in [1.82, 2.24) is 5.16 Å². The molecule has 0 atom stereocenters. The number of benzene rings is 1. The van der Waals surface area contributed by atoms with E-state index in [4.69, 9.17) is 9.63 Å². The van der Waals surface area contributed by atoms with Crippen LogP contribution < -0.4 is 4.90 Å². The highest BCUT2D eigenvalue weighted by Crippen LogP contribution is 2.29. The summed E-state index contributed by atoms with van der Waals surface area (Å²) in [4.78, 5) is 21.9. The Morgan fingerprint density at radius 3 is 2.75 bits per heavy atom. The van der Waals surface area contributed by atoms with Gasteiger partial charge in [0.15, 0.2) is 0 Å². The number of anilines is 1. The lowest BCUT2D eigenvalue weighted by atomic mass is 10.1. The summed E-state index contributed by atoms with van der Waals surface area (Å²) < 4.78 is 4.92. The zero-order valence-electron chi connectivity index (χ0n) is 10.7. The summed E-state index contributed by atoms with van der Waals surface area (Å²) in [6.07, 6.45) is -1.19. The molecule has 8 nitrogen and oxygen atoms in total. The number of nitrogens with zero attached hydrogens (tertiary/aromatic N) is 3. The molecule has 0 saturated carbocycles. The summed E-state index contributed by atoms with van der Waals surface area (Å²) >= 11 is 0. The van der Waals surface area contributed by atoms with Gasteiger partial charge in [-0.3, -0.25) is 10.1 Å². The van der Waals surface area contributed by atoms with Crippen molar-refractivity contribution in [3.05, 3.63) is 39.9 Å². The second kappa shape index (κ2) is 5.00. The van der Waals surface area contributed by atoms with Crippen molar-refractivity contribution in [2.24, 2.45) is 0 Å². The van der Waals surface area contributed by atoms with Gasteiger partial charge in [0.2, 0.25) is 5.88 Å². The second-order valence-electron chi connectivity index (χ2n) is 4.15. The molecule has 1 N–H and O–H groups in total. The first-order valence-corrected chi connectivity index (χ1v) is 5.59. The SMILES string of the molecule is Cc1ccc([N+](=O)[O-])cc1-c1cc(N(C)C(=O)O)on1. The fraction of sp³-hybridized carbons (Fsp3) is 0.167. The van der Waals surface area contributed by atoms with Gasteiger partial charge < -0.3 is 9.63 Å². The van der Waals surface area contributed by atoms with Crippen LogP contribution in [0.4, 0.5) is 16.4 Å². The van der Waals surface area contributed by atoms with Crippen molar-refractivity contribution in [2.45, 2.75) is 6.92 Å². The molecule has 0 bridgehead atoms. The average Bonchev–Trinajstić information content (AvgIpc) is 2.87. The Balaban J connectivity index is 2.44. The van der Waals surface area contributed by atoms with Crippen LogP contribution in [0.3, 0.4) is 0 Å². The van der Waals surface area contributed by atoms with Gasteiger partial charge in [0, 0.05) is 30.8 Å². The molecule has 8 heteroatoms. The molecule has 1 heterocycles. The van der Waals surface area contributed by atoms with Crippen molar-refractivity contribution in [2.75, 3.05) is 11.9 Å². The molecule has 0 aliphatic carbocycles. The minimum Gasteiger partial charge on any atom is -0.465 e. The highest BCUT2D eigenvalue weighted by molar-refractivity contribution is 5.84. The van der Waals surface area contributed by atoms with Gasteiger partial charge in [0.1, 0.15) is 5.69 Å². The number of carboxylic acid groups (broad SMARTS) is 1. The van der Waals surface area contributed by atoms with Gasteiger partial charge in [0.25, 0.3) is 5.69 Å². The smallest absolute Gasteiger partial charge is 0.413 e. The Hall–Kier alpha value is -2.90. The van der Waals surface area contributed by atoms with E-state index in [0.29, 0.717) is 11.3 Å². The third-order valence-corrected chi connectivity index (χ3v) is 2.82. The van der Waals surface area contributed by atoms with Gasteiger partial charge in [-0.1, -0.05) is 11.2 Å². The van der Waals surface area contributed by atoms with Gasteiger partial charge in [0.05, 0.1) is 4.92 Å². The molecule has 20 heavy (non-hydrogen) atoms. The van der Waals surface area contributed by atoms with Gasteiger partial charge in [-0.05, 0) is 12.5 Å². The predicted octanol–water partition coefficient (Wildman–Crippen LogP) is 2.67. The molecular formula is C12H11N3O5. The molecule has 0 spiro atoms. The number of aryl methyl sites for hydroxylation is 1. The molecule has 0 radical (unpaired) electrons. The Morgan fingerprint density at radius 1 is 1.45 bits per heavy atom. The number of hydrogen-bond acceptors (Lipinski definition) is 5. The van der Waals surface area contributed by atoms with E-state index in [1.165, 1.54) is 25.2 Å². The summed E-state index contributed by atoms with van der Waals surface area (Å²) in [5.74, 6) is 0.0402. The minimum atomic E-state index is -1.19. The summed E-state index contributed by atoms with van der Waals surface area (Å²) in [5, 5.41) is 23.4. The molecule has 1 aromatic carbocycles. The first kappa shape index (κ1) is 13.5. The zero-order chi connectivity index (χ0) is 14.9. The van der Waals surface area contributed by atoms with E-state index in [-0.39, 0.29) is 11.6 Å². The number of amides is 1. The lowest BCUT2D eigenvalue weighted by Crippen LogP contribution is -2.23. The van der Waals surface area contributed by atoms with Gasteiger partial charge in [-0.2, -0.15) is 0 Å². The molecular weight excluding hydrogens is 266 g/mol. The van der Waals surface area contributed by atoms with Crippen molar-refractivity contribution < 1.29 is 19.3 Å². The summed E-state index contributed by atoms with van der Waals surface area (Å²) in [7, 11) is 1.31. The maximum atomic E-state index is 10.8. The highest BCUT2D eigenvalue weighted by atomic mass is 16.6. The molecule has 104 valence electrons. The number of non-ortho nitro benzene ring substituents is 1. The van der Waals surface area contributed by atoms with Crippen molar-refractivity contribution >= 4 is 17.7 Å². The van der Waals surface area contributed by atoms with E-state index >= 15 is 0 Å². The van der Waals surface area contributed by atoms with E-state index < -0.39 is 11.0 Å². The third-order valence-electron chi connectivity index (χ3n) is 2.82. The van der Waals surface area contributed by atoms with Crippen LogP contribution in [0.1, 0.15) is 5.56 Å². The molecule has 0 aliphatic heterocycles. The van der Waals surface area contributed by atoms with Gasteiger partial charge >= 0.3 is 6.09 Å².